The SMILES string of the molecule is CCC(CNC(=O)CC(NC(N)=O)c1ccc(Br)cc1)c1ccccc1. The van der Waals surface area contributed by atoms with Crippen molar-refractivity contribution in [3.8, 4) is 0 Å². The van der Waals surface area contributed by atoms with Gasteiger partial charge in [-0.05, 0) is 29.7 Å². The number of carbonyl (C=O) groups excluding carboxylic acids is 2. The molecule has 0 aliphatic carbocycles. The molecule has 0 bridgehead atoms. The van der Waals surface area contributed by atoms with Gasteiger partial charge in [0, 0.05) is 16.9 Å². The molecule has 0 saturated carbocycles. The van der Waals surface area contributed by atoms with Crippen LogP contribution in [0.25, 0.3) is 0 Å². The lowest BCUT2D eigenvalue weighted by molar-refractivity contribution is -0.121. The molecule has 2 unspecified atom stereocenters. The second kappa shape index (κ2) is 9.97. The highest BCUT2D eigenvalue weighted by Gasteiger charge is 2.18. The van der Waals surface area contributed by atoms with Gasteiger partial charge in [0.15, 0.2) is 0 Å². The molecule has 2 aromatic carbocycles. The first-order chi connectivity index (χ1) is 12.5. The maximum Gasteiger partial charge on any atom is 0.312 e. The Morgan fingerprint density at radius 3 is 2.27 bits per heavy atom. The molecule has 0 radical (unpaired) electrons. The summed E-state index contributed by atoms with van der Waals surface area (Å²) in [5, 5.41) is 5.62. The molecular weight excluding hydrogens is 394 g/mol. The number of primary amides is 1. The van der Waals surface area contributed by atoms with Crippen molar-refractivity contribution < 1.29 is 9.59 Å². The predicted octanol–water partition coefficient (Wildman–Crippen LogP) is 3.86. The number of carbonyl (C=O) groups is 2. The fourth-order valence-corrected chi connectivity index (χ4v) is 3.10. The molecule has 0 aliphatic heterocycles. The smallest absolute Gasteiger partial charge is 0.312 e. The number of nitrogens with two attached hydrogens (primary N) is 1. The third kappa shape index (κ3) is 6.19. The Bertz CT molecular complexity index is 720. The Labute approximate surface area is 162 Å². The Hall–Kier alpha value is -2.34. The summed E-state index contributed by atoms with van der Waals surface area (Å²) >= 11 is 3.38. The van der Waals surface area contributed by atoms with Crippen LogP contribution in [-0.4, -0.2) is 18.5 Å². The van der Waals surface area contributed by atoms with Crippen molar-refractivity contribution in [1.82, 2.24) is 10.6 Å². The highest BCUT2D eigenvalue weighted by molar-refractivity contribution is 9.10. The van der Waals surface area contributed by atoms with Gasteiger partial charge in [-0.15, -0.1) is 0 Å². The Morgan fingerprint density at radius 1 is 1.04 bits per heavy atom. The van der Waals surface area contributed by atoms with Crippen molar-refractivity contribution >= 4 is 27.9 Å². The zero-order valence-electron chi connectivity index (χ0n) is 14.7. The number of hydrogen-bond donors (Lipinski definition) is 3. The van der Waals surface area contributed by atoms with Crippen LogP contribution >= 0.6 is 15.9 Å². The quantitative estimate of drug-likeness (QED) is 0.608. The molecule has 138 valence electrons. The van der Waals surface area contributed by atoms with E-state index in [-0.39, 0.29) is 18.2 Å². The molecule has 6 heteroatoms. The molecule has 2 rings (SSSR count). The third-order valence-electron chi connectivity index (χ3n) is 4.29. The molecule has 0 aromatic heterocycles. The summed E-state index contributed by atoms with van der Waals surface area (Å²) in [6.07, 6.45) is 1.07. The lowest BCUT2D eigenvalue weighted by Crippen LogP contribution is -2.37. The average molecular weight is 418 g/mol. The number of hydrogen-bond acceptors (Lipinski definition) is 2. The normalized spacial score (nSPS) is 12.8. The van der Waals surface area contributed by atoms with Gasteiger partial charge in [0.05, 0.1) is 12.5 Å². The Kier molecular flexibility index (Phi) is 7.66. The number of nitrogens with one attached hydrogen (secondary N) is 2. The van der Waals surface area contributed by atoms with Crippen LogP contribution in [0, 0.1) is 0 Å². The first-order valence-corrected chi connectivity index (χ1v) is 9.42. The first-order valence-electron chi connectivity index (χ1n) is 8.62. The summed E-state index contributed by atoms with van der Waals surface area (Å²) in [4.78, 5) is 23.7. The average Bonchev–Trinajstić information content (AvgIpc) is 2.63. The summed E-state index contributed by atoms with van der Waals surface area (Å²) in [6.45, 7) is 2.66. The topological polar surface area (TPSA) is 84.2 Å². The number of urea groups is 1. The zero-order valence-corrected chi connectivity index (χ0v) is 16.3. The zero-order chi connectivity index (χ0) is 18.9. The van der Waals surface area contributed by atoms with Crippen LogP contribution in [0.15, 0.2) is 59.1 Å². The Morgan fingerprint density at radius 2 is 1.69 bits per heavy atom. The second-order valence-corrected chi connectivity index (χ2v) is 7.05. The molecule has 0 spiro atoms. The molecule has 3 amide bonds. The number of benzene rings is 2. The minimum Gasteiger partial charge on any atom is -0.355 e. The predicted molar refractivity (Wildman–Crippen MR) is 107 cm³/mol. The molecule has 2 atom stereocenters. The monoisotopic (exact) mass is 417 g/mol. The van der Waals surface area contributed by atoms with E-state index in [1.54, 1.807) is 0 Å². The van der Waals surface area contributed by atoms with E-state index in [0.29, 0.717) is 6.54 Å². The van der Waals surface area contributed by atoms with Crippen LogP contribution in [0.1, 0.15) is 42.9 Å². The maximum atomic E-state index is 12.4. The molecule has 0 heterocycles. The van der Waals surface area contributed by atoms with Gasteiger partial charge in [-0.1, -0.05) is 65.3 Å². The van der Waals surface area contributed by atoms with Crippen LogP contribution in [0.3, 0.4) is 0 Å². The van der Waals surface area contributed by atoms with Crippen LogP contribution in [0.5, 0.6) is 0 Å². The number of halogens is 1. The standard InChI is InChI=1S/C20H24BrN3O2/c1-2-14(15-6-4-3-5-7-15)13-23-19(25)12-18(24-20(22)26)16-8-10-17(21)11-9-16/h3-11,14,18H,2,12-13H2,1H3,(H,23,25)(H3,22,24,26). The summed E-state index contributed by atoms with van der Waals surface area (Å²) in [7, 11) is 0. The minimum atomic E-state index is -0.651. The molecule has 4 N–H and O–H groups in total. The highest BCUT2D eigenvalue weighted by Crippen LogP contribution is 2.21. The van der Waals surface area contributed by atoms with Gasteiger partial charge in [0.2, 0.25) is 5.91 Å². The number of amides is 3. The van der Waals surface area contributed by atoms with E-state index in [1.807, 2.05) is 42.5 Å². The molecule has 2 aromatic rings. The van der Waals surface area contributed by atoms with Crippen LogP contribution in [0.4, 0.5) is 4.79 Å². The highest BCUT2D eigenvalue weighted by atomic mass is 79.9. The summed E-state index contributed by atoms with van der Waals surface area (Å²) < 4.78 is 0.928. The van der Waals surface area contributed by atoms with E-state index in [0.717, 1.165) is 16.5 Å². The largest absolute Gasteiger partial charge is 0.355 e. The minimum absolute atomic E-state index is 0.124. The van der Waals surface area contributed by atoms with E-state index in [1.165, 1.54) is 5.56 Å². The molecule has 26 heavy (non-hydrogen) atoms. The van der Waals surface area contributed by atoms with Crippen molar-refractivity contribution in [3.05, 3.63) is 70.2 Å². The van der Waals surface area contributed by atoms with Gasteiger partial charge in [-0.3, -0.25) is 4.79 Å². The maximum absolute atomic E-state index is 12.4. The van der Waals surface area contributed by atoms with Crippen molar-refractivity contribution in [3.63, 3.8) is 0 Å². The fraction of sp³-hybridized carbons (Fsp3) is 0.300. The molecule has 0 fully saturated rings. The Balaban J connectivity index is 1.98. The van der Waals surface area contributed by atoms with E-state index < -0.39 is 12.1 Å². The van der Waals surface area contributed by atoms with E-state index in [4.69, 9.17) is 5.73 Å². The van der Waals surface area contributed by atoms with Crippen molar-refractivity contribution in [2.45, 2.75) is 31.7 Å². The third-order valence-corrected chi connectivity index (χ3v) is 4.82. The van der Waals surface area contributed by atoms with E-state index in [2.05, 4.69) is 45.6 Å². The lowest BCUT2D eigenvalue weighted by Gasteiger charge is -2.20. The van der Waals surface area contributed by atoms with Crippen molar-refractivity contribution in [2.24, 2.45) is 5.73 Å². The van der Waals surface area contributed by atoms with Gasteiger partial charge in [0.1, 0.15) is 0 Å². The van der Waals surface area contributed by atoms with Gasteiger partial charge in [0.25, 0.3) is 0 Å². The molecule has 0 aliphatic rings. The van der Waals surface area contributed by atoms with Gasteiger partial charge >= 0.3 is 6.03 Å². The van der Waals surface area contributed by atoms with Gasteiger partial charge < -0.3 is 16.4 Å². The second-order valence-electron chi connectivity index (χ2n) is 6.14. The van der Waals surface area contributed by atoms with Gasteiger partial charge in [-0.2, -0.15) is 0 Å². The number of rotatable bonds is 8. The summed E-state index contributed by atoms with van der Waals surface area (Å²) in [5.41, 5.74) is 7.30. The van der Waals surface area contributed by atoms with Crippen LogP contribution < -0.4 is 16.4 Å². The van der Waals surface area contributed by atoms with Crippen molar-refractivity contribution in [2.75, 3.05) is 6.54 Å². The molecular formula is C20H24BrN3O2. The van der Waals surface area contributed by atoms with Crippen molar-refractivity contribution in [1.29, 1.82) is 0 Å². The van der Waals surface area contributed by atoms with Crippen LogP contribution in [0.2, 0.25) is 0 Å². The summed E-state index contributed by atoms with van der Waals surface area (Å²) in [5.74, 6) is 0.136. The lowest BCUT2D eigenvalue weighted by atomic mass is 9.96. The first kappa shape index (κ1) is 20.0. The van der Waals surface area contributed by atoms with Crippen LogP contribution in [-0.2, 0) is 4.79 Å². The fourth-order valence-electron chi connectivity index (χ4n) is 2.84. The molecule has 5 nitrogen and oxygen atoms in total. The van der Waals surface area contributed by atoms with E-state index >= 15 is 0 Å². The van der Waals surface area contributed by atoms with E-state index in [9.17, 15) is 9.59 Å². The molecule has 0 saturated heterocycles. The van der Waals surface area contributed by atoms with Gasteiger partial charge in [-0.25, -0.2) is 4.79 Å². The summed E-state index contributed by atoms with van der Waals surface area (Å²) in [6, 6.07) is 16.5.